The normalized spacial score (nSPS) is 33.3. The molecule has 1 aliphatic carbocycles. The first-order chi connectivity index (χ1) is 13.2. The van der Waals surface area contributed by atoms with E-state index in [1.54, 1.807) is 6.92 Å². The summed E-state index contributed by atoms with van der Waals surface area (Å²) in [6.45, 7) is 15.7. The number of carbonyl (C=O) groups is 2. The zero-order valence-electron chi connectivity index (χ0n) is 17.9. The lowest BCUT2D eigenvalue weighted by atomic mass is 9.66. The third kappa shape index (κ3) is 4.20. The molecule has 164 valence electrons. The van der Waals surface area contributed by atoms with E-state index in [1.807, 2.05) is 33.9 Å². The third-order valence-corrected chi connectivity index (χ3v) is 10.6. The number of esters is 2. The minimum Gasteiger partial charge on any atom is -0.466 e. The van der Waals surface area contributed by atoms with Gasteiger partial charge in [0.2, 0.25) is 6.29 Å². The number of hydrogen-bond acceptors (Lipinski definition) is 8. The second-order valence-corrected chi connectivity index (χ2v) is 13.9. The first-order valence-electron chi connectivity index (χ1n) is 9.70. The molecule has 2 rings (SSSR count). The van der Waals surface area contributed by atoms with Crippen molar-refractivity contribution in [2.75, 3.05) is 6.61 Å². The van der Waals surface area contributed by atoms with Crippen LogP contribution in [0.25, 0.3) is 0 Å². The number of rotatable bonds is 5. The van der Waals surface area contributed by atoms with Gasteiger partial charge >= 0.3 is 11.9 Å². The topological polar surface area (TPSA) is 123 Å². The van der Waals surface area contributed by atoms with E-state index in [1.165, 1.54) is 0 Å². The molecule has 0 bridgehead atoms. The van der Waals surface area contributed by atoms with Gasteiger partial charge in [-0.05, 0) is 43.1 Å². The first-order valence-corrected chi connectivity index (χ1v) is 12.6. The van der Waals surface area contributed by atoms with Crippen molar-refractivity contribution in [1.82, 2.24) is 0 Å². The Labute approximate surface area is 172 Å². The molecule has 0 spiro atoms. The minimum atomic E-state index is -2.41. The van der Waals surface area contributed by atoms with Crippen molar-refractivity contribution in [1.29, 1.82) is 0 Å². The summed E-state index contributed by atoms with van der Waals surface area (Å²) in [7, 11) is -2.41. The summed E-state index contributed by atoms with van der Waals surface area (Å²) in [6.07, 6.45) is -3.31. The van der Waals surface area contributed by atoms with Gasteiger partial charge in [0.1, 0.15) is 11.7 Å². The summed E-state index contributed by atoms with van der Waals surface area (Å²) in [5, 5.41) is 32.2. The molecule has 2 aliphatic rings. The van der Waals surface area contributed by atoms with Crippen LogP contribution in [0, 0.1) is 5.92 Å². The van der Waals surface area contributed by atoms with E-state index in [-0.39, 0.29) is 23.6 Å². The fourth-order valence-electron chi connectivity index (χ4n) is 3.40. The van der Waals surface area contributed by atoms with Crippen molar-refractivity contribution < 1.29 is 38.8 Å². The highest BCUT2D eigenvalue weighted by atomic mass is 28.4. The molecule has 8 nitrogen and oxygen atoms in total. The minimum absolute atomic E-state index is 0.0492. The van der Waals surface area contributed by atoms with Crippen molar-refractivity contribution in [3.63, 3.8) is 0 Å². The average molecular weight is 429 g/mol. The average Bonchev–Trinajstić information content (AvgIpc) is 2.93. The molecule has 5 atom stereocenters. The Hall–Kier alpha value is -1.52. The summed E-state index contributed by atoms with van der Waals surface area (Å²) in [5.41, 5.74) is -2.31. The maximum Gasteiger partial charge on any atom is 0.339 e. The van der Waals surface area contributed by atoms with Gasteiger partial charge in [0, 0.05) is 0 Å². The largest absolute Gasteiger partial charge is 0.466 e. The third-order valence-electron chi connectivity index (χ3n) is 6.12. The van der Waals surface area contributed by atoms with Gasteiger partial charge < -0.3 is 29.2 Å². The molecule has 3 N–H and O–H groups in total. The zero-order chi connectivity index (χ0) is 22.4. The summed E-state index contributed by atoms with van der Waals surface area (Å²) >= 11 is 0. The lowest BCUT2D eigenvalue weighted by Crippen LogP contribution is -2.64. The molecule has 9 heteroatoms. The molecule has 1 fully saturated rings. The van der Waals surface area contributed by atoms with Crippen molar-refractivity contribution in [3.05, 3.63) is 23.8 Å². The van der Waals surface area contributed by atoms with Crippen LogP contribution in [-0.2, 0) is 23.5 Å². The van der Waals surface area contributed by atoms with Crippen LogP contribution >= 0.6 is 0 Å². The molecule has 1 aliphatic heterocycles. The summed E-state index contributed by atoms with van der Waals surface area (Å²) < 4.78 is 16.1. The van der Waals surface area contributed by atoms with E-state index < -0.39 is 50.3 Å². The number of ether oxygens (including phenoxy) is 2. The van der Waals surface area contributed by atoms with Gasteiger partial charge in [-0.25, -0.2) is 4.79 Å². The van der Waals surface area contributed by atoms with Crippen LogP contribution in [0.15, 0.2) is 23.8 Å². The van der Waals surface area contributed by atoms with Gasteiger partial charge in [0.05, 0.1) is 24.2 Å². The monoisotopic (exact) mass is 428 g/mol. The van der Waals surface area contributed by atoms with E-state index in [0.29, 0.717) is 5.57 Å². The van der Waals surface area contributed by atoms with Crippen LogP contribution in [0.1, 0.15) is 34.1 Å². The van der Waals surface area contributed by atoms with E-state index >= 15 is 0 Å². The maximum absolute atomic E-state index is 12.6. The van der Waals surface area contributed by atoms with Gasteiger partial charge in [-0.15, -0.1) is 0 Å². The molecule has 1 heterocycles. The number of carbonyl (C=O) groups excluding carboxylic acids is 2. The van der Waals surface area contributed by atoms with Gasteiger partial charge in [-0.1, -0.05) is 27.4 Å². The molecule has 29 heavy (non-hydrogen) atoms. The van der Waals surface area contributed by atoms with Crippen LogP contribution in [0.5, 0.6) is 0 Å². The Morgan fingerprint density at radius 2 is 1.97 bits per heavy atom. The highest BCUT2D eigenvalue weighted by molar-refractivity contribution is 6.74. The highest BCUT2D eigenvalue weighted by Gasteiger charge is 2.61. The van der Waals surface area contributed by atoms with E-state index in [0.717, 1.165) is 6.08 Å². The van der Waals surface area contributed by atoms with Crippen LogP contribution < -0.4 is 0 Å². The number of aliphatic hydroxyl groups excluding tert-OH is 2. The molecule has 1 unspecified atom stereocenters. The quantitative estimate of drug-likeness (QED) is 0.341. The Kier molecular flexibility index (Phi) is 6.52. The molecular formula is C20H32O8Si. The number of cyclic esters (lactones) is 1. The van der Waals surface area contributed by atoms with Gasteiger partial charge in [-0.3, -0.25) is 4.79 Å². The molecule has 1 saturated carbocycles. The number of aliphatic hydroxyl groups is 3. The molecule has 0 saturated heterocycles. The SMILES string of the molecule is C=C1C[C@@H](C(=O)OCC)[C@](O)(C2=CC(O)OC2=O)[C@H](O)[C@@H]1O[Si](C)(C)C(C)(C)C. The fourth-order valence-corrected chi connectivity index (χ4v) is 4.69. The Morgan fingerprint density at radius 1 is 1.38 bits per heavy atom. The smallest absolute Gasteiger partial charge is 0.339 e. The summed E-state index contributed by atoms with van der Waals surface area (Å²) in [5.74, 6) is -3.09. The van der Waals surface area contributed by atoms with Crippen LogP contribution in [0.3, 0.4) is 0 Å². The second-order valence-electron chi connectivity index (χ2n) is 9.11. The van der Waals surface area contributed by atoms with E-state index in [4.69, 9.17) is 13.9 Å². The standard InChI is InChI=1S/C20H32O8Si/c1-8-26-17(23)12-9-11(2)15(28-29(6,7)19(3,4)5)16(22)20(12,25)13-10-14(21)27-18(13)24/h10,12,14-16,21-22,25H,2,8-9H2,1,3-7H3/t12-,14?,15+,16+,20-/m0/s1. The van der Waals surface area contributed by atoms with Gasteiger partial charge in [0.25, 0.3) is 0 Å². The molecule has 0 amide bonds. The van der Waals surface area contributed by atoms with Crippen LogP contribution in [-0.4, -0.2) is 66.3 Å². The first kappa shape index (κ1) is 23.8. The molecule has 0 aromatic heterocycles. The predicted molar refractivity (Wildman–Crippen MR) is 107 cm³/mol. The van der Waals surface area contributed by atoms with Crippen LogP contribution in [0.2, 0.25) is 18.1 Å². The highest BCUT2D eigenvalue weighted by Crippen LogP contribution is 2.47. The van der Waals surface area contributed by atoms with E-state index in [2.05, 4.69) is 6.58 Å². The number of hydrogen-bond donors (Lipinski definition) is 3. The lowest BCUT2D eigenvalue weighted by Gasteiger charge is -2.49. The lowest BCUT2D eigenvalue weighted by molar-refractivity contribution is -0.179. The fraction of sp³-hybridized carbons (Fsp3) is 0.700. The molecular weight excluding hydrogens is 396 g/mol. The van der Waals surface area contributed by atoms with E-state index in [9.17, 15) is 24.9 Å². The Morgan fingerprint density at radius 3 is 2.41 bits per heavy atom. The Balaban J connectivity index is 2.52. The van der Waals surface area contributed by atoms with Crippen molar-refractivity contribution in [3.8, 4) is 0 Å². The maximum atomic E-state index is 12.6. The molecule has 0 radical (unpaired) electrons. The van der Waals surface area contributed by atoms with Gasteiger partial charge in [0.15, 0.2) is 8.32 Å². The van der Waals surface area contributed by atoms with Gasteiger partial charge in [-0.2, -0.15) is 0 Å². The molecule has 0 aromatic rings. The Bertz CT molecular complexity index is 722. The van der Waals surface area contributed by atoms with Crippen molar-refractivity contribution in [2.24, 2.45) is 5.92 Å². The second kappa shape index (κ2) is 7.96. The summed E-state index contributed by atoms with van der Waals surface area (Å²) in [6, 6.07) is 0. The predicted octanol–water partition coefficient (Wildman–Crippen LogP) is 1.41. The molecule has 0 aromatic carbocycles. The summed E-state index contributed by atoms with van der Waals surface area (Å²) in [4.78, 5) is 24.9. The zero-order valence-corrected chi connectivity index (χ0v) is 18.9. The van der Waals surface area contributed by atoms with Crippen LogP contribution in [0.4, 0.5) is 0 Å². The van der Waals surface area contributed by atoms with Crippen molar-refractivity contribution >= 4 is 20.3 Å². The van der Waals surface area contributed by atoms with Crippen molar-refractivity contribution in [2.45, 2.75) is 76.3 Å².